The molecule has 0 aliphatic carbocycles. The number of carbonyl (C=O) groups is 2. The van der Waals surface area contributed by atoms with Crippen molar-refractivity contribution in [3.63, 3.8) is 0 Å². The van der Waals surface area contributed by atoms with Gasteiger partial charge in [-0.2, -0.15) is 0 Å². The molecule has 1 aliphatic rings. The van der Waals surface area contributed by atoms with Gasteiger partial charge < -0.3 is 4.74 Å². The summed E-state index contributed by atoms with van der Waals surface area (Å²) in [4.78, 5) is 28.8. The van der Waals surface area contributed by atoms with Crippen molar-refractivity contribution in [3.05, 3.63) is 30.3 Å². The van der Waals surface area contributed by atoms with Gasteiger partial charge in [-0.05, 0) is 13.3 Å². The normalized spacial score (nSPS) is 21.9. The first-order valence-electron chi connectivity index (χ1n) is 8.38. The number of thioether (sulfide) groups is 1. The first-order chi connectivity index (χ1) is 12.0. The van der Waals surface area contributed by atoms with Crippen molar-refractivity contribution in [2.24, 2.45) is 5.92 Å². The maximum absolute atomic E-state index is 12.7. The summed E-state index contributed by atoms with van der Waals surface area (Å²) in [7, 11) is 0. The molecule has 2 aromatic rings. The van der Waals surface area contributed by atoms with Crippen molar-refractivity contribution in [2.45, 2.75) is 43.9 Å². The highest BCUT2D eigenvalue weighted by Gasteiger charge is 2.49. The maximum Gasteiger partial charge on any atom is 0.307 e. The molecule has 26 heavy (non-hydrogen) atoms. The molecule has 1 N–H and O–H groups in total. The minimum Gasteiger partial charge on any atom is -0.451 e. The van der Waals surface area contributed by atoms with E-state index in [2.05, 4.69) is 15.2 Å². The number of cyclic esters (lactones) is 1. The lowest BCUT2D eigenvalue weighted by Gasteiger charge is -2.27. The van der Waals surface area contributed by atoms with Crippen LogP contribution in [0.1, 0.15) is 33.1 Å². The average Bonchev–Trinajstić information content (AvgIpc) is 3.19. The van der Waals surface area contributed by atoms with E-state index in [-0.39, 0.29) is 40.4 Å². The molecule has 6 nitrogen and oxygen atoms in total. The van der Waals surface area contributed by atoms with E-state index in [0.717, 1.165) is 18.4 Å². The van der Waals surface area contributed by atoms with Crippen LogP contribution in [0.4, 0.5) is 0 Å². The van der Waals surface area contributed by atoms with Gasteiger partial charge in [-0.1, -0.05) is 55.4 Å². The number of nitrogens with one attached hydrogen (secondary N) is 1. The fourth-order valence-corrected chi connectivity index (χ4v) is 3.89. The Kier molecular flexibility index (Phi) is 7.00. The molecule has 2 unspecified atom stereocenters. The van der Waals surface area contributed by atoms with E-state index in [1.807, 2.05) is 37.3 Å². The summed E-state index contributed by atoms with van der Waals surface area (Å²) < 4.78 is 5.39. The van der Waals surface area contributed by atoms with Crippen molar-refractivity contribution in [1.82, 2.24) is 15.2 Å². The summed E-state index contributed by atoms with van der Waals surface area (Å²) in [5, 5.41) is 7.54. The van der Waals surface area contributed by atoms with Gasteiger partial charge in [0.15, 0.2) is 17.2 Å². The van der Waals surface area contributed by atoms with E-state index in [9.17, 15) is 9.59 Å². The Morgan fingerprint density at radius 2 is 2.12 bits per heavy atom. The first kappa shape index (κ1) is 20.6. The molecular weight excluding hydrogens is 418 g/mol. The smallest absolute Gasteiger partial charge is 0.307 e. The zero-order valence-electron chi connectivity index (χ0n) is 14.7. The lowest BCUT2D eigenvalue weighted by molar-refractivity contribution is -0.156. The molecule has 1 aliphatic heterocycles. The summed E-state index contributed by atoms with van der Waals surface area (Å²) in [6.07, 6.45) is 2.04. The van der Waals surface area contributed by atoms with Gasteiger partial charge in [0, 0.05) is 11.5 Å². The van der Waals surface area contributed by atoms with E-state index in [4.69, 9.17) is 4.74 Å². The van der Waals surface area contributed by atoms with Gasteiger partial charge in [0.1, 0.15) is 0 Å². The lowest BCUT2D eigenvalue weighted by Crippen LogP contribution is -2.42. The number of hydrogen-bond donors (Lipinski definition) is 1. The highest BCUT2D eigenvalue weighted by Crippen LogP contribution is 2.37. The third-order valence-corrected chi connectivity index (χ3v) is 5.40. The highest BCUT2D eigenvalue weighted by atomic mass is 79.9. The number of H-pyrrole nitrogens is 1. The van der Waals surface area contributed by atoms with E-state index < -0.39 is 5.60 Å². The number of nitrogens with zero attached hydrogens (tertiary/aromatic N) is 2. The third kappa shape index (κ3) is 4.35. The number of ketones is 1. The molecule has 0 spiro atoms. The average molecular weight is 440 g/mol. The molecule has 2 heterocycles. The summed E-state index contributed by atoms with van der Waals surface area (Å²) in [6, 6.07) is 9.67. The Balaban J connectivity index is 0.00000243. The number of benzene rings is 1. The largest absolute Gasteiger partial charge is 0.451 e. The van der Waals surface area contributed by atoms with Crippen molar-refractivity contribution >= 4 is 40.5 Å². The standard InChI is InChI=1S/C18H21N3O3S.BrH/c1-3-7-13-10-15(23)24-18(13,2)14(22)11-25-17-19-16(20-21-17)12-8-5-4-6-9-12;/h4-6,8-9,13H,3,7,10-11H2,1-2H3,(H,19,20,21);1H. The molecular formula is C18H22BrN3O3S. The van der Waals surface area contributed by atoms with Gasteiger partial charge in [-0.15, -0.1) is 22.1 Å². The van der Waals surface area contributed by atoms with E-state index in [1.54, 1.807) is 6.92 Å². The van der Waals surface area contributed by atoms with Gasteiger partial charge in [0.2, 0.25) is 5.16 Å². The molecule has 0 amide bonds. The van der Waals surface area contributed by atoms with Crippen molar-refractivity contribution < 1.29 is 14.3 Å². The number of aromatic amines is 1. The topological polar surface area (TPSA) is 84.9 Å². The summed E-state index contributed by atoms with van der Waals surface area (Å²) in [5.41, 5.74) is -0.0913. The minimum absolute atomic E-state index is 0. The van der Waals surface area contributed by atoms with Gasteiger partial charge in [-0.25, -0.2) is 4.98 Å². The highest BCUT2D eigenvalue weighted by molar-refractivity contribution is 8.93. The monoisotopic (exact) mass is 439 g/mol. The Hall–Kier alpha value is -1.67. The lowest BCUT2D eigenvalue weighted by atomic mass is 9.83. The van der Waals surface area contributed by atoms with Crippen LogP contribution < -0.4 is 0 Å². The van der Waals surface area contributed by atoms with Gasteiger partial charge in [0.05, 0.1) is 12.2 Å². The Labute approximate surface area is 167 Å². The molecule has 140 valence electrons. The third-order valence-electron chi connectivity index (χ3n) is 4.55. The SMILES string of the molecule is Br.CCCC1CC(=O)OC1(C)C(=O)CSc1n[nH]c(-c2ccccc2)n1. The van der Waals surface area contributed by atoms with Gasteiger partial charge >= 0.3 is 5.97 Å². The van der Waals surface area contributed by atoms with Crippen molar-refractivity contribution in [2.75, 3.05) is 5.75 Å². The molecule has 0 radical (unpaired) electrons. The second-order valence-corrected chi connectivity index (χ2v) is 7.26. The Morgan fingerprint density at radius 3 is 2.81 bits per heavy atom. The molecule has 3 rings (SSSR count). The minimum atomic E-state index is -1.03. The van der Waals surface area contributed by atoms with Gasteiger partial charge in [-0.3, -0.25) is 14.7 Å². The molecule has 8 heteroatoms. The number of Topliss-reactive ketones (excluding diaryl/α,β-unsaturated/α-hetero) is 1. The zero-order chi connectivity index (χ0) is 17.9. The van der Waals surface area contributed by atoms with Crippen molar-refractivity contribution in [3.8, 4) is 11.4 Å². The Bertz CT molecular complexity index is 768. The second kappa shape index (κ2) is 8.81. The molecule has 1 saturated heterocycles. The van der Waals surface area contributed by atoms with Crippen LogP contribution in [0.15, 0.2) is 35.5 Å². The summed E-state index contributed by atoms with van der Waals surface area (Å²) >= 11 is 1.26. The maximum atomic E-state index is 12.7. The number of aromatic nitrogens is 3. The zero-order valence-corrected chi connectivity index (χ0v) is 17.3. The number of halogens is 1. The Morgan fingerprint density at radius 1 is 1.38 bits per heavy atom. The molecule has 1 aromatic heterocycles. The predicted octanol–water partition coefficient (Wildman–Crippen LogP) is 3.83. The number of ether oxygens (including phenoxy) is 1. The second-order valence-electron chi connectivity index (χ2n) is 6.32. The van der Waals surface area contributed by atoms with Gasteiger partial charge in [0.25, 0.3) is 0 Å². The predicted molar refractivity (Wildman–Crippen MR) is 105 cm³/mol. The van der Waals surface area contributed by atoms with Crippen LogP contribution in [0.2, 0.25) is 0 Å². The van der Waals surface area contributed by atoms with Crippen molar-refractivity contribution in [1.29, 1.82) is 0 Å². The summed E-state index contributed by atoms with van der Waals surface area (Å²) in [5.74, 6) is 0.412. The molecule has 1 aromatic carbocycles. The number of rotatable bonds is 7. The molecule has 0 saturated carbocycles. The van der Waals surface area contributed by atoms with Crippen LogP contribution in [-0.2, 0) is 14.3 Å². The van der Waals surface area contributed by atoms with Crippen LogP contribution in [-0.4, -0.2) is 38.3 Å². The van der Waals surface area contributed by atoms with Crippen LogP contribution in [0.5, 0.6) is 0 Å². The number of carbonyl (C=O) groups excluding carboxylic acids is 2. The van der Waals surface area contributed by atoms with E-state index in [0.29, 0.717) is 17.4 Å². The van der Waals surface area contributed by atoms with E-state index >= 15 is 0 Å². The van der Waals surface area contributed by atoms with Crippen LogP contribution in [0.25, 0.3) is 11.4 Å². The quantitative estimate of drug-likeness (QED) is 0.520. The van der Waals surface area contributed by atoms with Crippen LogP contribution in [0.3, 0.4) is 0 Å². The molecule has 0 bridgehead atoms. The fourth-order valence-electron chi connectivity index (χ4n) is 3.08. The van der Waals surface area contributed by atoms with Crippen LogP contribution in [0, 0.1) is 5.92 Å². The summed E-state index contributed by atoms with van der Waals surface area (Å²) in [6.45, 7) is 3.77. The first-order valence-corrected chi connectivity index (χ1v) is 9.37. The van der Waals surface area contributed by atoms with E-state index in [1.165, 1.54) is 11.8 Å². The number of hydrogen-bond acceptors (Lipinski definition) is 6. The fraction of sp³-hybridized carbons (Fsp3) is 0.444. The van der Waals surface area contributed by atoms with Crippen LogP contribution >= 0.6 is 28.7 Å². The molecule has 1 fully saturated rings. The molecule has 2 atom stereocenters. The number of esters is 1.